The Bertz CT molecular complexity index is 665. The summed E-state index contributed by atoms with van der Waals surface area (Å²) >= 11 is 0. The second-order valence-electron chi connectivity index (χ2n) is 5.38. The predicted octanol–water partition coefficient (Wildman–Crippen LogP) is 1.17. The van der Waals surface area contributed by atoms with Gasteiger partial charge < -0.3 is 19.6 Å². The van der Waals surface area contributed by atoms with E-state index in [-0.39, 0.29) is 11.7 Å². The van der Waals surface area contributed by atoms with Gasteiger partial charge in [-0.25, -0.2) is 4.98 Å². The second kappa shape index (κ2) is 6.64. The molecule has 1 fully saturated rings. The molecule has 0 aliphatic carbocycles. The summed E-state index contributed by atoms with van der Waals surface area (Å²) < 4.78 is 4.93. The number of aryl methyl sites for hydroxylation is 1. The van der Waals surface area contributed by atoms with Crippen LogP contribution in [0, 0.1) is 6.92 Å². The molecule has 8 nitrogen and oxygen atoms in total. The average molecular weight is 316 g/mol. The minimum Gasteiger partial charge on any atom is -0.354 e. The van der Waals surface area contributed by atoms with Crippen molar-refractivity contribution in [2.24, 2.45) is 0 Å². The Kier molecular flexibility index (Phi) is 4.40. The van der Waals surface area contributed by atoms with E-state index in [9.17, 15) is 4.79 Å². The molecule has 0 radical (unpaired) electrons. The van der Waals surface area contributed by atoms with Crippen LogP contribution in [0.2, 0.25) is 0 Å². The standard InChI is InChI=1S/C15H20N6O2/c1-3-16-15-18-11(2)10-13(19-15)20-6-8-21(9-7-20)14(22)12-4-5-17-23-12/h4-5,10H,3,6-9H2,1-2H3,(H,16,18,19). The number of amides is 1. The molecular formula is C15H20N6O2. The molecule has 122 valence electrons. The van der Waals surface area contributed by atoms with E-state index in [0.29, 0.717) is 19.0 Å². The molecule has 1 amide bonds. The van der Waals surface area contributed by atoms with Crippen molar-refractivity contribution < 1.29 is 9.32 Å². The van der Waals surface area contributed by atoms with Crippen LogP contribution in [0.1, 0.15) is 23.2 Å². The fourth-order valence-corrected chi connectivity index (χ4v) is 2.57. The van der Waals surface area contributed by atoms with Crippen molar-refractivity contribution >= 4 is 17.7 Å². The lowest BCUT2D eigenvalue weighted by Crippen LogP contribution is -2.49. The SMILES string of the molecule is CCNc1nc(C)cc(N2CCN(C(=O)c3ccno3)CC2)n1. The van der Waals surface area contributed by atoms with Crippen LogP contribution in [-0.4, -0.2) is 58.7 Å². The van der Waals surface area contributed by atoms with Gasteiger partial charge in [-0.2, -0.15) is 4.98 Å². The Morgan fingerprint density at radius 2 is 2.09 bits per heavy atom. The fraction of sp³-hybridized carbons (Fsp3) is 0.467. The zero-order valence-electron chi connectivity index (χ0n) is 13.3. The summed E-state index contributed by atoms with van der Waals surface area (Å²) in [5.74, 6) is 1.70. The van der Waals surface area contributed by atoms with Crippen molar-refractivity contribution in [2.75, 3.05) is 42.9 Å². The lowest BCUT2D eigenvalue weighted by molar-refractivity contribution is 0.0704. The third-order valence-corrected chi connectivity index (χ3v) is 3.72. The molecule has 0 bridgehead atoms. The van der Waals surface area contributed by atoms with Crippen LogP contribution in [0.3, 0.4) is 0 Å². The Balaban J connectivity index is 1.66. The van der Waals surface area contributed by atoms with Crippen LogP contribution < -0.4 is 10.2 Å². The summed E-state index contributed by atoms with van der Waals surface area (Å²) in [5, 5.41) is 6.72. The summed E-state index contributed by atoms with van der Waals surface area (Å²) in [6.07, 6.45) is 1.48. The Morgan fingerprint density at radius 3 is 2.74 bits per heavy atom. The van der Waals surface area contributed by atoms with E-state index >= 15 is 0 Å². The van der Waals surface area contributed by atoms with E-state index in [1.165, 1.54) is 6.20 Å². The number of rotatable bonds is 4. The van der Waals surface area contributed by atoms with E-state index < -0.39 is 0 Å². The van der Waals surface area contributed by atoms with Gasteiger partial charge in [0.2, 0.25) is 11.7 Å². The third-order valence-electron chi connectivity index (χ3n) is 3.72. The first-order valence-corrected chi connectivity index (χ1v) is 7.72. The molecule has 23 heavy (non-hydrogen) atoms. The first kappa shape index (κ1) is 15.3. The monoisotopic (exact) mass is 316 g/mol. The van der Waals surface area contributed by atoms with Gasteiger partial charge in [0.05, 0.1) is 6.20 Å². The van der Waals surface area contributed by atoms with E-state index in [0.717, 1.165) is 31.1 Å². The van der Waals surface area contributed by atoms with Crippen molar-refractivity contribution in [2.45, 2.75) is 13.8 Å². The zero-order chi connectivity index (χ0) is 16.2. The lowest BCUT2D eigenvalue weighted by atomic mass is 10.2. The number of hydrogen-bond acceptors (Lipinski definition) is 7. The number of carbonyl (C=O) groups excluding carboxylic acids is 1. The maximum Gasteiger partial charge on any atom is 0.292 e. The first-order valence-electron chi connectivity index (χ1n) is 7.72. The smallest absolute Gasteiger partial charge is 0.292 e. The Labute approximate surface area is 134 Å². The summed E-state index contributed by atoms with van der Waals surface area (Å²) in [5.41, 5.74) is 0.922. The topological polar surface area (TPSA) is 87.4 Å². The van der Waals surface area contributed by atoms with Gasteiger partial charge in [0.25, 0.3) is 5.91 Å². The number of piperazine rings is 1. The van der Waals surface area contributed by atoms with Gasteiger partial charge in [0.1, 0.15) is 5.82 Å². The highest BCUT2D eigenvalue weighted by atomic mass is 16.5. The quantitative estimate of drug-likeness (QED) is 0.905. The average Bonchev–Trinajstić information content (AvgIpc) is 3.08. The van der Waals surface area contributed by atoms with Crippen LogP contribution in [0.25, 0.3) is 0 Å². The van der Waals surface area contributed by atoms with E-state index in [4.69, 9.17) is 4.52 Å². The highest BCUT2D eigenvalue weighted by Crippen LogP contribution is 2.17. The van der Waals surface area contributed by atoms with Crippen molar-refractivity contribution in [1.29, 1.82) is 0 Å². The zero-order valence-corrected chi connectivity index (χ0v) is 13.3. The molecule has 1 aliphatic rings. The molecule has 8 heteroatoms. The van der Waals surface area contributed by atoms with E-state index in [1.54, 1.807) is 11.0 Å². The van der Waals surface area contributed by atoms with Crippen molar-refractivity contribution in [1.82, 2.24) is 20.0 Å². The number of carbonyl (C=O) groups is 1. The van der Waals surface area contributed by atoms with Gasteiger partial charge in [-0.15, -0.1) is 0 Å². The molecule has 0 saturated carbocycles. The summed E-state index contributed by atoms with van der Waals surface area (Å²) in [6, 6.07) is 3.56. The number of nitrogens with zero attached hydrogens (tertiary/aromatic N) is 5. The maximum atomic E-state index is 12.2. The Morgan fingerprint density at radius 1 is 1.30 bits per heavy atom. The lowest BCUT2D eigenvalue weighted by Gasteiger charge is -2.35. The van der Waals surface area contributed by atoms with Gasteiger partial charge in [-0.1, -0.05) is 5.16 Å². The van der Waals surface area contributed by atoms with Crippen LogP contribution in [0.4, 0.5) is 11.8 Å². The summed E-state index contributed by atoms with van der Waals surface area (Å²) in [7, 11) is 0. The second-order valence-corrected chi connectivity index (χ2v) is 5.38. The van der Waals surface area contributed by atoms with Gasteiger partial charge in [0, 0.05) is 50.6 Å². The summed E-state index contributed by atoms with van der Waals surface area (Å²) in [6.45, 7) is 7.44. The Hall–Kier alpha value is -2.64. The molecule has 3 heterocycles. The predicted molar refractivity (Wildman–Crippen MR) is 85.6 cm³/mol. The molecule has 0 aromatic carbocycles. The number of anilines is 2. The third kappa shape index (κ3) is 3.41. The van der Waals surface area contributed by atoms with Crippen molar-refractivity contribution in [3.63, 3.8) is 0 Å². The highest BCUT2D eigenvalue weighted by molar-refractivity contribution is 5.91. The maximum absolute atomic E-state index is 12.2. The molecule has 2 aromatic rings. The van der Waals surface area contributed by atoms with Gasteiger partial charge >= 0.3 is 0 Å². The molecule has 2 aromatic heterocycles. The van der Waals surface area contributed by atoms with E-state index in [1.807, 2.05) is 19.9 Å². The largest absolute Gasteiger partial charge is 0.354 e. The normalized spacial score (nSPS) is 14.9. The molecule has 3 rings (SSSR count). The summed E-state index contributed by atoms with van der Waals surface area (Å²) in [4.78, 5) is 25.1. The minimum atomic E-state index is -0.116. The number of aromatic nitrogens is 3. The van der Waals surface area contributed by atoms with Gasteiger partial charge in [-0.3, -0.25) is 4.79 Å². The molecule has 0 atom stereocenters. The van der Waals surface area contributed by atoms with Crippen LogP contribution in [0.5, 0.6) is 0 Å². The molecule has 0 unspecified atom stereocenters. The van der Waals surface area contributed by atoms with Crippen LogP contribution in [0.15, 0.2) is 22.9 Å². The number of nitrogens with one attached hydrogen (secondary N) is 1. The minimum absolute atomic E-state index is 0.116. The van der Waals surface area contributed by atoms with Gasteiger partial charge in [-0.05, 0) is 13.8 Å². The van der Waals surface area contributed by atoms with Crippen LogP contribution >= 0.6 is 0 Å². The fourth-order valence-electron chi connectivity index (χ4n) is 2.57. The van der Waals surface area contributed by atoms with Crippen molar-refractivity contribution in [3.8, 4) is 0 Å². The molecule has 0 spiro atoms. The molecular weight excluding hydrogens is 296 g/mol. The molecule has 1 N–H and O–H groups in total. The molecule has 1 saturated heterocycles. The highest BCUT2D eigenvalue weighted by Gasteiger charge is 2.25. The number of hydrogen-bond donors (Lipinski definition) is 1. The molecule has 1 aliphatic heterocycles. The van der Waals surface area contributed by atoms with Gasteiger partial charge in [0.15, 0.2) is 0 Å². The van der Waals surface area contributed by atoms with Crippen LogP contribution in [-0.2, 0) is 0 Å². The van der Waals surface area contributed by atoms with Crippen molar-refractivity contribution in [3.05, 3.63) is 29.8 Å². The first-order chi connectivity index (χ1) is 11.2. The van der Waals surface area contributed by atoms with E-state index in [2.05, 4.69) is 25.3 Å².